The molecule has 0 radical (unpaired) electrons. The maximum absolute atomic E-state index is 12.3. The van der Waals surface area contributed by atoms with Crippen molar-refractivity contribution in [1.82, 2.24) is 24.5 Å². The molecule has 3 aromatic heterocycles. The van der Waals surface area contributed by atoms with Crippen LogP contribution in [0.15, 0.2) is 35.4 Å². The van der Waals surface area contributed by atoms with Gasteiger partial charge < -0.3 is 4.90 Å². The molecule has 0 spiro atoms. The van der Waals surface area contributed by atoms with Crippen molar-refractivity contribution in [3.05, 3.63) is 41.1 Å². The van der Waals surface area contributed by atoms with E-state index in [1.54, 1.807) is 12.4 Å². The average molecular weight is 308 g/mol. The van der Waals surface area contributed by atoms with Crippen molar-refractivity contribution in [3.8, 4) is 0 Å². The lowest BCUT2D eigenvalue weighted by Crippen LogP contribution is -2.38. The molecule has 0 amide bonds. The van der Waals surface area contributed by atoms with E-state index in [1.807, 2.05) is 30.6 Å². The van der Waals surface area contributed by atoms with Crippen molar-refractivity contribution in [2.24, 2.45) is 0 Å². The highest BCUT2D eigenvalue weighted by molar-refractivity contribution is 6.29. The topological polar surface area (TPSA) is 79.7 Å². The van der Waals surface area contributed by atoms with E-state index in [4.69, 9.17) is 0 Å². The van der Waals surface area contributed by atoms with Crippen LogP contribution in [0.3, 0.4) is 0 Å². The summed E-state index contributed by atoms with van der Waals surface area (Å²) < 4.78 is 1.85. The summed E-state index contributed by atoms with van der Waals surface area (Å²) in [6.45, 7) is 1.75. The number of aromatic amines is 1. The number of H-pyrrole nitrogens is 1. The van der Waals surface area contributed by atoms with Crippen LogP contribution in [-0.4, -0.2) is 45.4 Å². The number of hydrogen-bond acceptors (Lipinski definition) is 5. The molecule has 4 rings (SSSR count). The van der Waals surface area contributed by atoms with Gasteiger partial charge in [0, 0.05) is 31.5 Å². The normalized spacial score (nSPS) is 16.1. The lowest BCUT2D eigenvalue weighted by molar-refractivity contribution is 0.395. The SMILES string of the molecule is Bc1nccc(N2CCC(n3c(=O)[nH]c4ncccc43)CC2)n1. The molecule has 1 saturated heterocycles. The molecule has 23 heavy (non-hydrogen) atoms. The average Bonchev–Trinajstić information content (AvgIpc) is 2.91. The van der Waals surface area contributed by atoms with Crippen LogP contribution in [0, 0.1) is 0 Å². The summed E-state index contributed by atoms with van der Waals surface area (Å²) in [5.41, 5.74) is 2.25. The van der Waals surface area contributed by atoms with Crippen LogP contribution < -0.4 is 16.3 Å². The van der Waals surface area contributed by atoms with Gasteiger partial charge in [-0.25, -0.2) is 14.8 Å². The number of hydrogen-bond donors (Lipinski definition) is 1. The Morgan fingerprint density at radius 1 is 1.17 bits per heavy atom. The summed E-state index contributed by atoms with van der Waals surface area (Å²) in [6.07, 6.45) is 5.30. The van der Waals surface area contributed by atoms with Gasteiger partial charge in [-0.3, -0.25) is 14.5 Å². The van der Waals surface area contributed by atoms with E-state index in [9.17, 15) is 4.79 Å². The second-order valence-electron chi connectivity index (χ2n) is 5.85. The van der Waals surface area contributed by atoms with E-state index in [0.29, 0.717) is 5.65 Å². The first-order valence-electron chi connectivity index (χ1n) is 7.82. The van der Waals surface area contributed by atoms with Crippen molar-refractivity contribution < 1.29 is 0 Å². The molecule has 4 heterocycles. The maximum atomic E-state index is 12.3. The third kappa shape index (κ3) is 2.50. The third-order valence-electron chi connectivity index (χ3n) is 4.41. The summed E-state index contributed by atoms with van der Waals surface area (Å²) in [6, 6.07) is 5.94. The number of pyridine rings is 1. The fraction of sp³-hybridized carbons (Fsp3) is 0.333. The zero-order chi connectivity index (χ0) is 15.8. The predicted octanol–water partition coefficient (Wildman–Crippen LogP) is -0.386. The third-order valence-corrected chi connectivity index (χ3v) is 4.41. The highest BCUT2D eigenvalue weighted by Crippen LogP contribution is 2.26. The number of imidazole rings is 1. The van der Waals surface area contributed by atoms with Crippen molar-refractivity contribution in [3.63, 3.8) is 0 Å². The standard InChI is InChI=1S/C15H17BN6O/c16-14-18-7-3-12(19-14)21-8-4-10(5-9-21)22-11-2-1-6-17-13(11)20-15(22)23/h1-3,6-7,10H,4-5,8-9,16H2,(H,17,20,23). The first-order chi connectivity index (χ1) is 11.2. The summed E-state index contributed by atoms with van der Waals surface area (Å²) in [5.74, 6) is 0.962. The highest BCUT2D eigenvalue weighted by atomic mass is 16.1. The van der Waals surface area contributed by atoms with Gasteiger partial charge in [-0.05, 0) is 31.0 Å². The molecule has 7 nitrogen and oxygen atoms in total. The minimum absolute atomic E-state index is 0.0740. The van der Waals surface area contributed by atoms with Crippen LogP contribution >= 0.6 is 0 Å². The minimum Gasteiger partial charge on any atom is -0.356 e. The fourth-order valence-corrected chi connectivity index (χ4v) is 3.29. The Kier molecular flexibility index (Phi) is 3.36. The Morgan fingerprint density at radius 2 is 2.00 bits per heavy atom. The Balaban J connectivity index is 1.57. The van der Waals surface area contributed by atoms with Gasteiger partial charge in [-0.15, -0.1) is 0 Å². The van der Waals surface area contributed by atoms with Gasteiger partial charge >= 0.3 is 5.69 Å². The Hall–Kier alpha value is -2.64. The van der Waals surface area contributed by atoms with E-state index in [0.717, 1.165) is 43.0 Å². The monoisotopic (exact) mass is 308 g/mol. The van der Waals surface area contributed by atoms with E-state index in [-0.39, 0.29) is 11.7 Å². The van der Waals surface area contributed by atoms with Crippen molar-refractivity contribution >= 4 is 30.6 Å². The molecular formula is C15H17BN6O. The van der Waals surface area contributed by atoms with Crippen LogP contribution in [0.4, 0.5) is 5.82 Å². The second-order valence-corrected chi connectivity index (χ2v) is 5.85. The van der Waals surface area contributed by atoms with Crippen molar-refractivity contribution in [1.29, 1.82) is 0 Å². The quantitative estimate of drug-likeness (QED) is 0.653. The zero-order valence-corrected chi connectivity index (χ0v) is 12.9. The molecule has 1 N–H and O–H groups in total. The van der Waals surface area contributed by atoms with Crippen LogP contribution in [0.5, 0.6) is 0 Å². The second kappa shape index (κ2) is 5.53. The molecule has 8 heteroatoms. The molecule has 0 aliphatic carbocycles. The predicted molar refractivity (Wildman–Crippen MR) is 91.0 cm³/mol. The maximum Gasteiger partial charge on any atom is 0.327 e. The number of fused-ring (bicyclic) bond motifs is 1. The molecule has 116 valence electrons. The summed E-state index contributed by atoms with van der Waals surface area (Å²) in [7, 11) is 1.90. The molecular weight excluding hydrogens is 291 g/mol. The molecule has 0 aromatic carbocycles. The Bertz CT molecular complexity index is 896. The number of piperidine rings is 1. The molecule has 1 fully saturated rings. The lowest BCUT2D eigenvalue weighted by atomic mass is 10.0. The van der Waals surface area contributed by atoms with Gasteiger partial charge in [-0.2, -0.15) is 0 Å². The molecule has 0 bridgehead atoms. The molecule has 3 aromatic rings. The molecule has 0 atom stereocenters. The number of aromatic nitrogens is 5. The first-order valence-corrected chi connectivity index (χ1v) is 7.82. The fourth-order valence-electron chi connectivity index (χ4n) is 3.29. The van der Waals surface area contributed by atoms with Gasteiger partial charge in [0.25, 0.3) is 0 Å². The highest BCUT2D eigenvalue weighted by Gasteiger charge is 2.24. The molecule has 1 aliphatic heterocycles. The number of rotatable bonds is 2. The van der Waals surface area contributed by atoms with Gasteiger partial charge in [0.2, 0.25) is 0 Å². The van der Waals surface area contributed by atoms with E-state index in [1.165, 1.54) is 0 Å². The van der Waals surface area contributed by atoms with Gasteiger partial charge in [0.1, 0.15) is 5.82 Å². The first kappa shape index (κ1) is 14.0. The lowest BCUT2D eigenvalue weighted by Gasteiger charge is -2.33. The number of nitrogens with zero attached hydrogens (tertiary/aromatic N) is 5. The van der Waals surface area contributed by atoms with Gasteiger partial charge in [0.05, 0.1) is 11.2 Å². The number of anilines is 1. The van der Waals surface area contributed by atoms with Crippen LogP contribution in [0.25, 0.3) is 11.2 Å². The zero-order valence-electron chi connectivity index (χ0n) is 12.9. The largest absolute Gasteiger partial charge is 0.356 e. The summed E-state index contributed by atoms with van der Waals surface area (Å²) in [5, 5.41) is 0. The van der Waals surface area contributed by atoms with Crippen LogP contribution in [0.1, 0.15) is 18.9 Å². The van der Waals surface area contributed by atoms with E-state index < -0.39 is 0 Å². The smallest absolute Gasteiger partial charge is 0.327 e. The van der Waals surface area contributed by atoms with Crippen LogP contribution in [-0.2, 0) is 0 Å². The van der Waals surface area contributed by atoms with Gasteiger partial charge in [-0.1, -0.05) is 0 Å². The molecule has 0 saturated carbocycles. The Morgan fingerprint density at radius 3 is 2.78 bits per heavy atom. The number of nitrogens with one attached hydrogen (secondary N) is 1. The van der Waals surface area contributed by atoms with E-state index in [2.05, 4.69) is 24.8 Å². The van der Waals surface area contributed by atoms with E-state index >= 15 is 0 Å². The summed E-state index contributed by atoms with van der Waals surface area (Å²) >= 11 is 0. The van der Waals surface area contributed by atoms with Crippen molar-refractivity contribution in [2.45, 2.75) is 18.9 Å². The Labute approximate surface area is 133 Å². The van der Waals surface area contributed by atoms with Crippen LogP contribution in [0.2, 0.25) is 0 Å². The van der Waals surface area contributed by atoms with Gasteiger partial charge in [0.15, 0.2) is 13.5 Å². The molecule has 1 aliphatic rings. The minimum atomic E-state index is -0.0740. The van der Waals surface area contributed by atoms with Crippen molar-refractivity contribution in [2.75, 3.05) is 18.0 Å². The summed E-state index contributed by atoms with van der Waals surface area (Å²) in [4.78, 5) is 30.2. The molecule has 0 unspecified atom stereocenters.